The zero-order valence-electron chi connectivity index (χ0n) is 5.83. The predicted octanol–water partition coefficient (Wildman–Crippen LogP) is 1.02. The van der Waals surface area contributed by atoms with Crippen LogP contribution in [0.1, 0.15) is 13.8 Å². The normalized spacial score (nSPS) is 17.3. The molecule has 0 heterocycles. The first-order valence-electron chi connectivity index (χ1n) is 2.87. The summed E-state index contributed by atoms with van der Waals surface area (Å²) in [5, 5.41) is 1.46. The molecule has 0 aromatic heterocycles. The summed E-state index contributed by atoms with van der Waals surface area (Å²) in [7, 11) is 0. The van der Waals surface area contributed by atoms with Crippen molar-refractivity contribution in [2.45, 2.75) is 24.6 Å². The van der Waals surface area contributed by atoms with Gasteiger partial charge in [-0.1, -0.05) is 0 Å². The van der Waals surface area contributed by atoms with Gasteiger partial charge in [-0.2, -0.15) is 0 Å². The molecule has 0 saturated carbocycles. The second-order valence-corrected chi connectivity index (χ2v) is 4.96. The maximum Gasteiger partial charge on any atom is 0.0486 e. The lowest BCUT2D eigenvalue weighted by Crippen LogP contribution is -2.12. The van der Waals surface area contributed by atoms with E-state index in [1.165, 1.54) is 0 Å². The van der Waals surface area contributed by atoms with Crippen LogP contribution >= 0.6 is 23.5 Å². The quantitative estimate of drug-likeness (QED) is 0.612. The van der Waals surface area contributed by atoms with E-state index in [4.69, 9.17) is 11.5 Å². The Bertz CT molecular complexity index is 58.0. The van der Waals surface area contributed by atoms with Gasteiger partial charge in [-0.05, 0) is 13.8 Å². The molecule has 0 rings (SSSR count). The van der Waals surface area contributed by atoms with E-state index >= 15 is 0 Å². The van der Waals surface area contributed by atoms with Crippen molar-refractivity contribution in [1.29, 1.82) is 0 Å². The zero-order chi connectivity index (χ0) is 7.28. The highest BCUT2D eigenvalue weighted by atomic mass is 32.2. The summed E-state index contributed by atoms with van der Waals surface area (Å²) in [6.45, 7) is 3.96. The Balaban J connectivity index is 2.91. The van der Waals surface area contributed by atoms with Crippen LogP contribution in [0.25, 0.3) is 0 Å². The molecule has 0 radical (unpaired) electrons. The van der Waals surface area contributed by atoms with E-state index in [0.717, 1.165) is 5.08 Å². The molecule has 0 saturated heterocycles. The van der Waals surface area contributed by atoms with Crippen molar-refractivity contribution in [3.8, 4) is 0 Å². The van der Waals surface area contributed by atoms with Gasteiger partial charge in [-0.3, -0.25) is 0 Å². The molecule has 56 valence electrons. The average Bonchev–Trinajstić information content (AvgIpc) is 1.63. The number of hydrogen-bond acceptors (Lipinski definition) is 4. The maximum absolute atomic E-state index is 5.49. The lowest BCUT2D eigenvalue weighted by Gasteiger charge is -2.05. The van der Waals surface area contributed by atoms with Crippen molar-refractivity contribution < 1.29 is 0 Å². The standard InChI is InChI=1S/C5H14N2S2/c1-4(6)8-3-9-5(2)7/h4-5H,3,6-7H2,1-2H3. The number of rotatable bonds is 4. The van der Waals surface area contributed by atoms with Crippen LogP contribution in [0.4, 0.5) is 0 Å². The number of hydrogen-bond donors (Lipinski definition) is 2. The highest BCUT2D eigenvalue weighted by Gasteiger charge is 1.96. The Kier molecular flexibility index (Phi) is 5.78. The molecular formula is C5H14N2S2. The van der Waals surface area contributed by atoms with E-state index in [-0.39, 0.29) is 10.7 Å². The molecule has 2 unspecified atom stereocenters. The summed E-state index contributed by atoms with van der Waals surface area (Å²) in [5.74, 6) is 0. The van der Waals surface area contributed by atoms with Gasteiger partial charge >= 0.3 is 0 Å². The Morgan fingerprint density at radius 3 is 1.67 bits per heavy atom. The third-order valence-corrected chi connectivity index (χ3v) is 2.80. The molecular weight excluding hydrogens is 152 g/mol. The Morgan fingerprint density at radius 1 is 1.11 bits per heavy atom. The van der Waals surface area contributed by atoms with Crippen molar-refractivity contribution in [3.63, 3.8) is 0 Å². The lowest BCUT2D eigenvalue weighted by atomic mass is 10.8. The first-order chi connectivity index (χ1) is 4.13. The van der Waals surface area contributed by atoms with Crippen LogP contribution in [0, 0.1) is 0 Å². The Hall–Kier alpha value is 0.620. The highest BCUT2D eigenvalue weighted by molar-refractivity contribution is 8.16. The van der Waals surface area contributed by atoms with Crippen molar-refractivity contribution in [3.05, 3.63) is 0 Å². The summed E-state index contributed by atoms with van der Waals surface area (Å²) in [6, 6.07) is 0. The third kappa shape index (κ3) is 8.62. The van der Waals surface area contributed by atoms with Gasteiger partial charge in [0.25, 0.3) is 0 Å². The summed E-state index contributed by atoms with van der Waals surface area (Å²) in [4.78, 5) is 0. The van der Waals surface area contributed by atoms with Gasteiger partial charge in [0.05, 0.1) is 0 Å². The number of nitrogens with two attached hydrogens (primary N) is 2. The van der Waals surface area contributed by atoms with E-state index in [1.807, 2.05) is 13.8 Å². The van der Waals surface area contributed by atoms with Crippen LogP contribution in [-0.4, -0.2) is 15.8 Å². The first kappa shape index (κ1) is 9.62. The van der Waals surface area contributed by atoms with E-state index in [9.17, 15) is 0 Å². The minimum atomic E-state index is 0.233. The fourth-order valence-corrected chi connectivity index (χ4v) is 2.29. The van der Waals surface area contributed by atoms with Crippen molar-refractivity contribution in [2.75, 3.05) is 5.08 Å². The van der Waals surface area contributed by atoms with Gasteiger partial charge in [0, 0.05) is 15.8 Å². The van der Waals surface area contributed by atoms with Crippen LogP contribution in [0.2, 0.25) is 0 Å². The summed E-state index contributed by atoms with van der Waals surface area (Å²) in [6.07, 6.45) is 0. The van der Waals surface area contributed by atoms with E-state index in [1.54, 1.807) is 23.5 Å². The smallest absolute Gasteiger partial charge is 0.0486 e. The molecule has 0 amide bonds. The van der Waals surface area contributed by atoms with Gasteiger partial charge in [0.2, 0.25) is 0 Å². The first-order valence-corrected chi connectivity index (χ1v) is 4.97. The van der Waals surface area contributed by atoms with E-state index in [2.05, 4.69) is 0 Å². The largest absolute Gasteiger partial charge is 0.320 e. The minimum absolute atomic E-state index is 0.233. The number of thioether (sulfide) groups is 2. The van der Waals surface area contributed by atoms with Crippen LogP contribution in [0.3, 0.4) is 0 Å². The molecule has 0 bridgehead atoms. The predicted molar refractivity (Wildman–Crippen MR) is 47.3 cm³/mol. The second kappa shape index (κ2) is 5.41. The van der Waals surface area contributed by atoms with E-state index < -0.39 is 0 Å². The lowest BCUT2D eigenvalue weighted by molar-refractivity contribution is 1.04. The summed E-state index contributed by atoms with van der Waals surface area (Å²) >= 11 is 3.44. The summed E-state index contributed by atoms with van der Waals surface area (Å²) < 4.78 is 0. The van der Waals surface area contributed by atoms with Crippen molar-refractivity contribution in [1.82, 2.24) is 0 Å². The minimum Gasteiger partial charge on any atom is -0.320 e. The molecule has 9 heavy (non-hydrogen) atoms. The molecule has 2 nitrogen and oxygen atoms in total. The fraction of sp³-hybridized carbons (Fsp3) is 1.00. The molecule has 2 atom stereocenters. The highest BCUT2D eigenvalue weighted by Crippen LogP contribution is 2.15. The van der Waals surface area contributed by atoms with Gasteiger partial charge in [-0.25, -0.2) is 0 Å². The Morgan fingerprint density at radius 2 is 1.44 bits per heavy atom. The second-order valence-electron chi connectivity index (χ2n) is 1.86. The van der Waals surface area contributed by atoms with Gasteiger partial charge < -0.3 is 11.5 Å². The molecule has 0 aliphatic heterocycles. The SMILES string of the molecule is CC(N)SCSC(C)N. The zero-order valence-corrected chi connectivity index (χ0v) is 7.47. The van der Waals surface area contributed by atoms with Crippen molar-refractivity contribution in [2.24, 2.45) is 11.5 Å². The molecule has 0 aliphatic rings. The third-order valence-electron chi connectivity index (χ3n) is 0.662. The molecule has 4 N–H and O–H groups in total. The monoisotopic (exact) mass is 166 g/mol. The molecule has 4 heteroatoms. The summed E-state index contributed by atoms with van der Waals surface area (Å²) in [5.41, 5.74) is 11.0. The van der Waals surface area contributed by atoms with Gasteiger partial charge in [0.15, 0.2) is 0 Å². The van der Waals surface area contributed by atoms with Gasteiger partial charge in [-0.15, -0.1) is 23.5 Å². The maximum atomic E-state index is 5.49. The van der Waals surface area contributed by atoms with E-state index in [0.29, 0.717) is 0 Å². The van der Waals surface area contributed by atoms with Crippen LogP contribution < -0.4 is 11.5 Å². The molecule has 0 aromatic carbocycles. The molecule has 0 aromatic rings. The van der Waals surface area contributed by atoms with Crippen molar-refractivity contribution >= 4 is 23.5 Å². The Labute approximate surface area is 65.1 Å². The topological polar surface area (TPSA) is 52.0 Å². The molecule has 0 fully saturated rings. The molecule has 0 spiro atoms. The average molecular weight is 166 g/mol. The van der Waals surface area contributed by atoms with Gasteiger partial charge in [0.1, 0.15) is 0 Å². The van der Waals surface area contributed by atoms with Crippen LogP contribution in [0.5, 0.6) is 0 Å². The fourth-order valence-electron chi connectivity index (χ4n) is 0.254. The van der Waals surface area contributed by atoms with Crippen LogP contribution in [0.15, 0.2) is 0 Å². The molecule has 0 aliphatic carbocycles. The van der Waals surface area contributed by atoms with Crippen LogP contribution in [-0.2, 0) is 0 Å².